The van der Waals surface area contributed by atoms with Gasteiger partial charge in [-0.2, -0.15) is 0 Å². The van der Waals surface area contributed by atoms with Crippen LogP contribution in [-0.2, 0) is 4.57 Å². The van der Waals surface area contributed by atoms with Crippen LogP contribution in [0.1, 0.15) is 5.76 Å². The van der Waals surface area contributed by atoms with Gasteiger partial charge in [0.15, 0.2) is 0 Å². The number of hydrogen-bond acceptors (Lipinski definition) is 2. The van der Waals surface area contributed by atoms with Crippen LogP contribution in [0.5, 0.6) is 0 Å². The molecular weight excluding hydrogens is 155 g/mol. The minimum absolute atomic E-state index is 0.0648. The van der Waals surface area contributed by atoms with Crippen molar-refractivity contribution in [2.24, 2.45) is 0 Å². The zero-order valence-corrected chi connectivity index (χ0v) is 6.21. The van der Waals surface area contributed by atoms with Crippen molar-refractivity contribution in [3.05, 3.63) is 18.1 Å². The molecule has 2 N–H and O–H groups in total. The van der Waals surface area contributed by atoms with Gasteiger partial charge in [0.25, 0.3) is 0 Å². The molecule has 1 aromatic heterocycles. The zero-order valence-electron chi connectivity index (χ0n) is 5.31. The molecule has 1 aromatic rings. The van der Waals surface area contributed by atoms with E-state index in [9.17, 15) is 4.57 Å². The summed E-state index contributed by atoms with van der Waals surface area (Å²) in [6.07, 6.45) is 1.07. The molecule has 10 heavy (non-hydrogen) atoms. The minimum atomic E-state index is -4.09. The summed E-state index contributed by atoms with van der Waals surface area (Å²) < 4.78 is 15.2. The lowest BCUT2D eigenvalue weighted by atomic mass is 10.5. The van der Waals surface area contributed by atoms with Gasteiger partial charge in [-0.05, 0) is 13.0 Å². The molecule has 5 heteroatoms. The topological polar surface area (TPSA) is 70.7 Å². The average molecular weight is 162 g/mol. The fourth-order valence-electron chi connectivity index (χ4n) is 0.582. The van der Waals surface area contributed by atoms with Crippen molar-refractivity contribution in [2.75, 3.05) is 0 Å². The molecule has 0 atom stereocenters. The Morgan fingerprint density at radius 1 is 1.60 bits per heavy atom. The van der Waals surface area contributed by atoms with Crippen molar-refractivity contribution in [3.8, 4) is 0 Å². The lowest BCUT2D eigenvalue weighted by Crippen LogP contribution is -1.98. The second kappa shape index (κ2) is 2.23. The first-order valence-corrected chi connectivity index (χ1v) is 4.22. The van der Waals surface area contributed by atoms with E-state index in [2.05, 4.69) is 0 Å². The molecule has 0 unspecified atom stereocenters. The Labute approximate surface area is 57.6 Å². The van der Waals surface area contributed by atoms with Crippen LogP contribution >= 0.6 is 7.60 Å². The molecule has 0 bridgehead atoms. The third-order valence-corrected chi connectivity index (χ3v) is 1.96. The molecule has 0 radical (unpaired) electrons. The van der Waals surface area contributed by atoms with Crippen LogP contribution in [0.3, 0.4) is 0 Å². The third-order valence-electron chi connectivity index (χ3n) is 1.05. The standard InChI is InChI=1S/C5H7O4P/c1-4-2-5(3-9-4)10(6,7)8/h2-3H,1H3,(H2,6,7,8). The second-order valence-corrected chi connectivity index (χ2v) is 3.56. The van der Waals surface area contributed by atoms with Crippen LogP contribution in [0.25, 0.3) is 0 Å². The molecular formula is C5H7O4P. The Morgan fingerprint density at radius 3 is 2.40 bits per heavy atom. The normalized spacial score (nSPS) is 11.9. The van der Waals surface area contributed by atoms with Gasteiger partial charge in [0.1, 0.15) is 17.3 Å². The lowest BCUT2D eigenvalue weighted by Gasteiger charge is -1.95. The maximum Gasteiger partial charge on any atom is 0.359 e. The van der Waals surface area contributed by atoms with Gasteiger partial charge >= 0.3 is 7.60 Å². The maximum atomic E-state index is 10.5. The van der Waals surface area contributed by atoms with Gasteiger partial charge in [0, 0.05) is 0 Å². The summed E-state index contributed by atoms with van der Waals surface area (Å²) >= 11 is 0. The van der Waals surface area contributed by atoms with Crippen LogP contribution in [0.15, 0.2) is 16.7 Å². The fourth-order valence-corrected chi connectivity index (χ4v) is 1.12. The highest BCUT2D eigenvalue weighted by molar-refractivity contribution is 7.60. The summed E-state index contributed by atoms with van der Waals surface area (Å²) in [5.41, 5.74) is 0. The Balaban J connectivity index is 3.08. The van der Waals surface area contributed by atoms with Crippen LogP contribution < -0.4 is 5.30 Å². The maximum absolute atomic E-state index is 10.5. The van der Waals surface area contributed by atoms with Gasteiger partial charge in [-0.1, -0.05) is 0 Å². The largest absolute Gasteiger partial charge is 0.469 e. The summed E-state index contributed by atoms with van der Waals surface area (Å²) in [6, 6.07) is 1.32. The van der Waals surface area contributed by atoms with Crippen LogP contribution in [0, 0.1) is 6.92 Å². The van der Waals surface area contributed by atoms with Crippen molar-refractivity contribution in [2.45, 2.75) is 6.92 Å². The highest BCUT2D eigenvalue weighted by Gasteiger charge is 2.18. The molecule has 0 spiro atoms. The third kappa shape index (κ3) is 1.48. The Kier molecular flexibility index (Phi) is 1.68. The quantitative estimate of drug-likeness (QED) is 0.586. The number of hydrogen-bond donors (Lipinski definition) is 2. The molecule has 56 valence electrons. The molecule has 0 aliphatic carbocycles. The molecule has 0 aromatic carbocycles. The summed E-state index contributed by atoms with van der Waals surface area (Å²) in [5.74, 6) is 0.498. The predicted octanol–water partition coefficient (Wildman–Crippen LogP) is 0.391. The number of rotatable bonds is 1. The molecule has 1 heterocycles. The molecule has 0 aliphatic rings. The van der Waals surface area contributed by atoms with Gasteiger partial charge in [-0.15, -0.1) is 0 Å². The number of aryl methyl sites for hydroxylation is 1. The smallest absolute Gasteiger partial charge is 0.359 e. The Morgan fingerprint density at radius 2 is 2.20 bits per heavy atom. The Hall–Kier alpha value is -0.570. The van der Waals surface area contributed by atoms with E-state index in [1.54, 1.807) is 6.92 Å². The van der Waals surface area contributed by atoms with Crippen LogP contribution in [-0.4, -0.2) is 9.79 Å². The molecule has 0 amide bonds. The fraction of sp³-hybridized carbons (Fsp3) is 0.200. The van der Waals surface area contributed by atoms with E-state index in [0.717, 1.165) is 6.26 Å². The highest BCUT2D eigenvalue weighted by Crippen LogP contribution is 2.33. The first-order chi connectivity index (χ1) is 4.50. The van der Waals surface area contributed by atoms with Crippen molar-refractivity contribution in [1.82, 2.24) is 0 Å². The first kappa shape index (κ1) is 7.54. The van der Waals surface area contributed by atoms with E-state index in [4.69, 9.17) is 14.2 Å². The summed E-state index contributed by atoms with van der Waals surface area (Å²) in [4.78, 5) is 17.1. The van der Waals surface area contributed by atoms with E-state index in [0.29, 0.717) is 5.76 Å². The van der Waals surface area contributed by atoms with Crippen molar-refractivity contribution >= 4 is 12.9 Å². The summed E-state index contributed by atoms with van der Waals surface area (Å²) in [6.45, 7) is 1.62. The van der Waals surface area contributed by atoms with Crippen molar-refractivity contribution in [1.29, 1.82) is 0 Å². The summed E-state index contributed by atoms with van der Waals surface area (Å²) in [5, 5.41) is -0.0648. The van der Waals surface area contributed by atoms with E-state index in [1.807, 2.05) is 0 Å². The van der Waals surface area contributed by atoms with Gasteiger partial charge in [-0.25, -0.2) is 0 Å². The molecule has 0 saturated heterocycles. The first-order valence-electron chi connectivity index (χ1n) is 2.61. The van der Waals surface area contributed by atoms with E-state index < -0.39 is 7.60 Å². The second-order valence-electron chi connectivity index (χ2n) is 1.96. The zero-order chi connectivity index (χ0) is 7.78. The minimum Gasteiger partial charge on any atom is -0.469 e. The Bertz CT molecular complexity index is 271. The summed E-state index contributed by atoms with van der Waals surface area (Å²) in [7, 11) is -4.09. The lowest BCUT2D eigenvalue weighted by molar-refractivity contribution is 0.387. The van der Waals surface area contributed by atoms with Gasteiger partial charge < -0.3 is 14.2 Å². The molecule has 4 nitrogen and oxygen atoms in total. The van der Waals surface area contributed by atoms with E-state index in [1.165, 1.54) is 6.07 Å². The predicted molar refractivity (Wildman–Crippen MR) is 35.1 cm³/mol. The molecule has 0 aliphatic heterocycles. The number of furan rings is 1. The van der Waals surface area contributed by atoms with Gasteiger partial charge in [0.05, 0.1) is 0 Å². The molecule has 1 rings (SSSR count). The van der Waals surface area contributed by atoms with Crippen molar-refractivity contribution < 1.29 is 18.8 Å². The van der Waals surface area contributed by atoms with E-state index >= 15 is 0 Å². The molecule has 0 saturated carbocycles. The monoisotopic (exact) mass is 162 g/mol. The van der Waals surface area contributed by atoms with Crippen LogP contribution in [0.4, 0.5) is 0 Å². The highest BCUT2D eigenvalue weighted by atomic mass is 31.2. The van der Waals surface area contributed by atoms with Crippen LogP contribution in [0.2, 0.25) is 0 Å². The SMILES string of the molecule is Cc1cc(P(=O)(O)O)co1. The van der Waals surface area contributed by atoms with Crippen molar-refractivity contribution in [3.63, 3.8) is 0 Å². The molecule has 0 fully saturated rings. The van der Waals surface area contributed by atoms with Gasteiger partial charge in [-0.3, -0.25) is 4.57 Å². The van der Waals surface area contributed by atoms with Gasteiger partial charge in [0.2, 0.25) is 0 Å². The average Bonchev–Trinajstić information content (AvgIpc) is 2.11. The van der Waals surface area contributed by atoms with E-state index in [-0.39, 0.29) is 5.30 Å².